The molecule has 0 amide bonds. The number of thiocarbonyl (C=S) groups is 1. The topological polar surface area (TPSA) is 61.9 Å². The molecule has 2 aromatic rings. The van der Waals surface area contributed by atoms with Crippen LogP contribution < -0.4 is 5.32 Å². The van der Waals surface area contributed by atoms with Crippen molar-refractivity contribution in [2.24, 2.45) is 35.0 Å². The highest BCUT2D eigenvalue weighted by Gasteiger charge is 2.51. The first-order valence-corrected chi connectivity index (χ1v) is 9.94. The number of aromatic nitrogens is 1. The van der Waals surface area contributed by atoms with E-state index in [4.69, 9.17) is 12.2 Å². The van der Waals surface area contributed by atoms with E-state index >= 15 is 0 Å². The number of aryl methyl sites for hydroxylation is 1. The molecule has 0 radical (unpaired) electrons. The average Bonchev–Trinajstić information content (AvgIpc) is 2.83. The van der Waals surface area contributed by atoms with E-state index in [0.717, 1.165) is 28.7 Å². The molecule has 4 saturated carbocycles. The minimum absolute atomic E-state index is 0.118. The van der Waals surface area contributed by atoms with Crippen LogP contribution >= 0.6 is 12.2 Å². The van der Waals surface area contributed by atoms with Gasteiger partial charge in [0.25, 0.3) is 0 Å². The van der Waals surface area contributed by atoms with Crippen molar-refractivity contribution in [2.45, 2.75) is 44.1 Å². The first-order valence-electron chi connectivity index (χ1n) is 9.53. The van der Waals surface area contributed by atoms with Crippen LogP contribution in [0.3, 0.4) is 0 Å². The zero-order chi connectivity index (χ0) is 17.9. The van der Waals surface area contributed by atoms with Crippen LogP contribution in [0, 0.1) is 17.8 Å². The number of benzene rings is 1. The van der Waals surface area contributed by atoms with Gasteiger partial charge in [-0.25, -0.2) is 0 Å². The third-order valence-electron chi connectivity index (χ3n) is 6.70. The quantitative estimate of drug-likeness (QED) is 0.591. The van der Waals surface area contributed by atoms with Crippen LogP contribution in [0.15, 0.2) is 34.5 Å². The third kappa shape index (κ3) is 2.54. The summed E-state index contributed by atoms with van der Waals surface area (Å²) in [6.07, 6.45) is 7.85. The van der Waals surface area contributed by atoms with Gasteiger partial charge in [-0.2, -0.15) is 0 Å². The normalized spacial score (nSPS) is 32.6. The second-order valence-electron chi connectivity index (χ2n) is 8.58. The zero-order valence-electron chi connectivity index (χ0n) is 15.0. The molecule has 0 unspecified atom stereocenters. The van der Waals surface area contributed by atoms with E-state index in [1.807, 2.05) is 31.3 Å². The van der Waals surface area contributed by atoms with E-state index in [2.05, 4.69) is 15.5 Å². The lowest BCUT2D eigenvalue weighted by Gasteiger charge is -2.56. The fourth-order valence-electron chi connectivity index (χ4n) is 6.07. The van der Waals surface area contributed by atoms with Gasteiger partial charge in [0.1, 0.15) is 0 Å². The Balaban J connectivity index is 1.37. The average molecular weight is 369 g/mol. The number of rotatable bonds is 2. The number of hydrogen-bond acceptors (Lipinski definition) is 3. The standard InChI is InChI=1S/C20H24N4OS/c1-24-16-5-3-2-4-15(16)17(18(24)25)22-23-19(26)21-20-9-12-6-13(10-20)8-14(7-12)11-20/h2-5,12-14,25H,6-11H2,1H3,(H,21,26). The van der Waals surface area contributed by atoms with Gasteiger partial charge in [0.05, 0.1) is 5.52 Å². The van der Waals surface area contributed by atoms with Gasteiger partial charge < -0.3 is 15.0 Å². The lowest BCUT2D eigenvalue weighted by molar-refractivity contribution is -0.00988. The summed E-state index contributed by atoms with van der Waals surface area (Å²) < 4.78 is 1.72. The van der Waals surface area contributed by atoms with E-state index in [-0.39, 0.29) is 11.4 Å². The SMILES string of the molecule is Cn1c(O)c(N=NC(=S)NC23CC4CC(CC(C4)C2)C3)c2ccccc21. The smallest absolute Gasteiger partial charge is 0.220 e. The van der Waals surface area contributed by atoms with Crippen molar-refractivity contribution in [1.82, 2.24) is 9.88 Å². The summed E-state index contributed by atoms with van der Waals surface area (Å²) in [5.41, 5.74) is 1.54. The summed E-state index contributed by atoms with van der Waals surface area (Å²) in [6.45, 7) is 0. The first kappa shape index (κ1) is 16.2. The molecule has 1 aromatic carbocycles. The number of nitrogens with zero attached hydrogens (tertiary/aromatic N) is 3. The number of azo groups is 1. The highest BCUT2D eigenvalue weighted by molar-refractivity contribution is 7.80. The molecule has 4 bridgehead atoms. The second-order valence-corrected chi connectivity index (χ2v) is 8.96. The molecule has 136 valence electrons. The lowest BCUT2D eigenvalue weighted by atomic mass is 9.53. The Morgan fingerprint density at radius 3 is 2.42 bits per heavy atom. The summed E-state index contributed by atoms with van der Waals surface area (Å²) in [7, 11) is 1.82. The Labute approximate surface area is 158 Å². The maximum atomic E-state index is 10.4. The highest BCUT2D eigenvalue weighted by Crippen LogP contribution is 2.55. The molecular weight excluding hydrogens is 344 g/mol. The molecule has 0 spiro atoms. The van der Waals surface area contributed by atoms with Crippen molar-refractivity contribution in [3.63, 3.8) is 0 Å². The number of fused-ring (bicyclic) bond motifs is 1. The summed E-state index contributed by atoms with van der Waals surface area (Å²) >= 11 is 5.50. The van der Waals surface area contributed by atoms with Crippen LogP contribution in [0.2, 0.25) is 0 Å². The molecule has 6 heteroatoms. The minimum atomic E-state index is 0.118. The van der Waals surface area contributed by atoms with Gasteiger partial charge in [-0.3, -0.25) is 0 Å². The maximum absolute atomic E-state index is 10.4. The van der Waals surface area contributed by atoms with Crippen molar-refractivity contribution in [2.75, 3.05) is 0 Å². The Kier molecular flexibility index (Phi) is 3.61. The Morgan fingerprint density at radius 1 is 1.15 bits per heavy atom. The molecule has 0 saturated heterocycles. The van der Waals surface area contributed by atoms with Crippen LogP contribution in [0.1, 0.15) is 38.5 Å². The summed E-state index contributed by atoms with van der Waals surface area (Å²) in [5.74, 6) is 2.69. The molecule has 5 nitrogen and oxygen atoms in total. The Morgan fingerprint density at radius 2 is 1.77 bits per heavy atom. The monoisotopic (exact) mass is 368 g/mol. The van der Waals surface area contributed by atoms with Crippen LogP contribution in [0.25, 0.3) is 10.9 Å². The molecule has 0 aliphatic heterocycles. The van der Waals surface area contributed by atoms with Gasteiger partial charge in [-0.05, 0) is 74.6 Å². The van der Waals surface area contributed by atoms with E-state index in [9.17, 15) is 5.11 Å². The molecule has 2 N–H and O–H groups in total. The molecular formula is C20H24N4OS. The molecule has 26 heavy (non-hydrogen) atoms. The van der Waals surface area contributed by atoms with E-state index in [0.29, 0.717) is 10.8 Å². The van der Waals surface area contributed by atoms with E-state index < -0.39 is 0 Å². The van der Waals surface area contributed by atoms with Crippen molar-refractivity contribution in [1.29, 1.82) is 0 Å². The summed E-state index contributed by atoms with van der Waals surface area (Å²) in [6, 6.07) is 7.79. The summed E-state index contributed by atoms with van der Waals surface area (Å²) in [5, 5.41) is 23.8. The number of aromatic hydroxyl groups is 1. The molecule has 6 rings (SSSR count). The fraction of sp³-hybridized carbons (Fsp3) is 0.550. The molecule has 1 aromatic heterocycles. The second kappa shape index (κ2) is 5.78. The van der Waals surface area contributed by atoms with Crippen LogP contribution in [0.5, 0.6) is 5.88 Å². The zero-order valence-corrected chi connectivity index (χ0v) is 15.8. The van der Waals surface area contributed by atoms with Crippen LogP contribution in [-0.2, 0) is 7.05 Å². The van der Waals surface area contributed by atoms with Crippen LogP contribution in [-0.4, -0.2) is 20.3 Å². The van der Waals surface area contributed by atoms with Gasteiger partial charge in [0.15, 0.2) is 5.69 Å². The third-order valence-corrected chi connectivity index (χ3v) is 6.88. The van der Waals surface area contributed by atoms with Gasteiger partial charge in [-0.15, -0.1) is 10.2 Å². The number of hydrogen-bond donors (Lipinski definition) is 2. The van der Waals surface area contributed by atoms with Crippen molar-refractivity contribution in [3.8, 4) is 5.88 Å². The van der Waals surface area contributed by atoms with Crippen LogP contribution in [0.4, 0.5) is 5.69 Å². The summed E-state index contributed by atoms with van der Waals surface area (Å²) in [4.78, 5) is 0. The van der Waals surface area contributed by atoms with E-state index in [1.54, 1.807) is 4.57 Å². The van der Waals surface area contributed by atoms with Gasteiger partial charge >= 0.3 is 0 Å². The van der Waals surface area contributed by atoms with Crippen molar-refractivity contribution < 1.29 is 5.11 Å². The van der Waals surface area contributed by atoms with Gasteiger partial charge in [-0.1, -0.05) is 18.2 Å². The first-order chi connectivity index (χ1) is 12.5. The number of nitrogens with one attached hydrogen (secondary N) is 1. The van der Waals surface area contributed by atoms with Gasteiger partial charge in [0.2, 0.25) is 11.0 Å². The molecule has 4 fully saturated rings. The lowest BCUT2D eigenvalue weighted by Crippen LogP contribution is -2.59. The Bertz CT molecular complexity index is 881. The number of para-hydroxylation sites is 1. The molecule has 4 aliphatic rings. The minimum Gasteiger partial charge on any atom is -0.493 e. The largest absolute Gasteiger partial charge is 0.493 e. The predicted molar refractivity (Wildman–Crippen MR) is 106 cm³/mol. The van der Waals surface area contributed by atoms with Crippen molar-refractivity contribution >= 4 is 33.9 Å². The predicted octanol–water partition coefficient (Wildman–Crippen LogP) is 4.81. The van der Waals surface area contributed by atoms with E-state index in [1.165, 1.54) is 38.5 Å². The van der Waals surface area contributed by atoms with Crippen molar-refractivity contribution in [3.05, 3.63) is 24.3 Å². The molecule has 0 atom stereocenters. The maximum Gasteiger partial charge on any atom is 0.220 e. The van der Waals surface area contributed by atoms with Gasteiger partial charge in [0, 0.05) is 18.0 Å². The fourth-order valence-corrected chi connectivity index (χ4v) is 6.33. The molecule has 1 heterocycles. The Hall–Kier alpha value is -1.95. The molecule has 4 aliphatic carbocycles. The highest BCUT2D eigenvalue weighted by atomic mass is 32.1.